The lowest BCUT2D eigenvalue weighted by molar-refractivity contribution is -0.217. The monoisotopic (exact) mass is 500 g/mol. The van der Waals surface area contributed by atoms with Gasteiger partial charge in [0, 0.05) is 11.8 Å². The Kier molecular flexibility index (Phi) is 5.84. The minimum absolute atomic E-state index is 0.00612. The first kappa shape index (κ1) is 21.2. The van der Waals surface area contributed by atoms with Crippen LogP contribution in [0.3, 0.4) is 0 Å². The number of fused-ring (bicyclic) bond motifs is 3. The summed E-state index contributed by atoms with van der Waals surface area (Å²) in [6.45, 7) is 0. The smallest absolute Gasteiger partial charge is 0.317 e. The van der Waals surface area contributed by atoms with E-state index in [1.165, 1.54) is 12.1 Å². The van der Waals surface area contributed by atoms with Gasteiger partial charge in [0.25, 0.3) is 11.6 Å². The minimum atomic E-state index is -5.13. The van der Waals surface area contributed by atoms with Crippen molar-refractivity contribution >= 4 is 67.9 Å². The molecule has 2 aromatic rings. The number of carbonyl (C=O) groups excluding carboxylic acids is 2. The van der Waals surface area contributed by atoms with Gasteiger partial charge in [-0.3, -0.25) is 19.5 Å². The van der Waals surface area contributed by atoms with E-state index in [0.717, 1.165) is 11.8 Å². The topological polar surface area (TPSA) is 76.0 Å². The molecule has 2 heterocycles. The maximum atomic E-state index is 14.1. The van der Waals surface area contributed by atoms with E-state index in [0.29, 0.717) is 17.4 Å². The van der Waals surface area contributed by atoms with Gasteiger partial charge in [0.15, 0.2) is 0 Å². The van der Waals surface area contributed by atoms with Gasteiger partial charge in [0.1, 0.15) is 0 Å². The number of nitrogens with zero attached hydrogens (tertiary/aromatic N) is 2. The zero-order valence-corrected chi connectivity index (χ0v) is 17.3. The van der Waals surface area contributed by atoms with Gasteiger partial charge < -0.3 is 5.32 Å². The molecule has 1 atom stereocenters. The van der Waals surface area contributed by atoms with Gasteiger partial charge >= 0.3 is 6.18 Å². The fourth-order valence-electron chi connectivity index (χ4n) is 3.05. The minimum Gasteiger partial charge on any atom is -0.317 e. The molecule has 0 spiro atoms. The number of anilines is 1. The van der Waals surface area contributed by atoms with Gasteiger partial charge in [-0.1, -0.05) is 45.6 Å². The fourth-order valence-corrected chi connectivity index (χ4v) is 3.76. The molecule has 0 saturated carbocycles. The first-order chi connectivity index (χ1) is 13.1. The quantitative estimate of drug-likeness (QED) is 0.449. The molecule has 12 heteroatoms. The maximum absolute atomic E-state index is 14.1. The van der Waals surface area contributed by atoms with E-state index in [9.17, 15) is 22.8 Å². The van der Waals surface area contributed by atoms with Crippen molar-refractivity contribution in [1.82, 2.24) is 14.9 Å². The predicted molar refractivity (Wildman–Crippen MR) is 103 cm³/mol. The van der Waals surface area contributed by atoms with Crippen molar-refractivity contribution in [1.29, 1.82) is 0 Å². The highest BCUT2D eigenvalue weighted by Gasteiger charge is 2.67. The average Bonchev–Trinajstić information content (AvgIpc) is 3.06. The Bertz CT molecular complexity index is 950. The number of aromatic nitrogens is 2. The van der Waals surface area contributed by atoms with E-state index in [2.05, 4.69) is 26.2 Å². The van der Waals surface area contributed by atoms with Crippen LogP contribution in [0.15, 0.2) is 12.1 Å². The summed E-state index contributed by atoms with van der Waals surface area (Å²) < 4.78 is 43.0. The summed E-state index contributed by atoms with van der Waals surface area (Å²) in [5.74, 6) is -2.68. The van der Waals surface area contributed by atoms with Crippen molar-refractivity contribution in [3.05, 3.63) is 22.2 Å². The lowest BCUT2D eigenvalue weighted by Crippen LogP contribution is -2.63. The van der Waals surface area contributed by atoms with Crippen molar-refractivity contribution < 1.29 is 22.8 Å². The molecule has 28 heavy (non-hydrogen) atoms. The predicted octanol–water partition coefficient (Wildman–Crippen LogP) is 4.58. The molecule has 152 valence electrons. The number of halogens is 6. The van der Waals surface area contributed by atoms with Crippen LogP contribution in [0, 0.1) is 0 Å². The van der Waals surface area contributed by atoms with Crippen LogP contribution in [0.2, 0.25) is 10.0 Å². The molecule has 0 fully saturated rings. The number of nitrogens with one attached hydrogen (secondary N) is 2. The largest absolute Gasteiger partial charge is 0.440 e. The summed E-state index contributed by atoms with van der Waals surface area (Å²) >= 11 is 15.1. The Morgan fingerprint density at radius 1 is 1.25 bits per heavy atom. The van der Waals surface area contributed by atoms with Gasteiger partial charge in [-0.2, -0.15) is 13.2 Å². The van der Waals surface area contributed by atoms with E-state index < -0.39 is 23.7 Å². The first-order valence-electron chi connectivity index (χ1n) is 8.25. The molecule has 3 rings (SSSR count). The normalized spacial score (nSPS) is 19.0. The standard InChI is InChI=1S/C16H14BrCl2F3N4O2/c17-5-3-1-2-4-12(27)25-15(16(20,21)22)13(28)24-14-23-10-6-8(18)9(19)7-11(10)26(14)15/h6-7H,1-5H2,(H,25,27)(H,23,24,28). The summed E-state index contributed by atoms with van der Waals surface area (Å²) in [6, 6.07) is 2.47. The molecule has 1 aliphatic rings. The Morgan fingerprint density at radius 2 is 1.93 bits per heavy atom. The van der Waals surface area contributed by atoms with Crippen LogP contribution in [0.1, 0.15) is 25.7 Å². The third-order valence-corrected chi connectivity index (χ3v) is 5.64. The third-order valence-electron chi connectivity index (χ3n) is 4.35. The number of carbonyl (C=O) groups is 2. The Hall–Kier alpha value is -1.52. The molecular weight excluding hydrogens is 488 g/mol. The summed E-state index contributed by atoms with van der Waals surface area (Å²) in [7, 11) is 0. The lowest BCUT2D eigenvalue weighted by Gasteiger charge is -2.32. The van der Waals surface area contributed by atoms with Crippen molar-refractivity contribution in [2.75, 3.05) is 10.6 Å². The fraction of sp³-hybridized carbons (Fsp3) is 0.438. The number of hydrogen-bond acceptors (Lipinski definition) is 3. The van der Waals surface area contributed by atoms with Gasteiger partial charge in [-0.15, -0.1) is 0 Å². The van der Waals surface area contributed by atoms with Crippen molar-refractivity contribution in [2.24, 2.45) is 0 Å². The zero-order chi connectivity index (χ0) is 20.7. The number of unbranched alkanes of at least 4 members (excludes halogenated alkanes) is 2. The molecule has 1 aromatic heterocycles. The second-order valence-electron chi connectivity index (χ2n) is 6.24. The number of rotatable bonds is 6. The Morgan fingerprint density at radius 3 is 2.57 bits per heavy atom. The maximum Gasteiger partial charge on any atom is 0.440 e. The van der Waals surface area contributed by atoms with Crippen molar-refractivity contribution in [3.63, 3.8) is 0 Å². The highest BCUT2D eigenvalue weighted by Crippen LogP contribution is 2.45. The second kappa shape index (κ2) is 7.72. The molecular formula is C16H14BrCl2F3N4O2. The molecule has 1 aliphatic heterocycles. The van der Waals surface area contributed by atoms with E-state index in [4.69, 9.17) is 23.2 Å². The highest BCUT2D eigenvalue weighted by atomic mass is 79.9. The van der Waals surface area contributed by atoms with Crippen LogP contribution in [0.25, 0.3) is 11.0 Å². The molecule has 0 saturated heterocycles. The van der Waals surface area contributed by atoms with Gasteiger partial charge in [-0.25, -0.2) is 4.98 Å². The first-order valence-corrected chi connectivity index (χ1v) is 10.1. The van der Waals surface area contributed by atoms with Gasteiger partial charge in [-0.05, 0) is 25.0 Å². The summed E-state index contributed by atoms with van der Waals surface area (Å²) in [4.78, 5) is 28.6. The molecule has 1 aromatic carbocycles. The Labute approximate surface area is 175 Å². The number of alkyl halides is 4. The number of amides is 2. The lowest BCUT2D eigenvalue weighted by atomic mass is 10.1. The third kappa shape index (κ3) is 3.46. The second-order valence-corrected chi connectivity index (χ2v) is 7.84. The Balaban J connectivity index is 2.06. The SMILES string of the molecule is O=C(CCCCCBr)NC1(C(F)(F)F)C(=O)Nc2nc3cc(Cl)c(Cl)cc3n21. The van der Waals surface area contributed by atoms with E-state index in [-0.39, 0.29) is 33.4 Å². The van der Waals surface area contributed by atoms with Crippen LogP contribution < -0.4 is 10.6 Å². The average molecular weight is 502 g/mol. The summed E-state index contributed by atoms with van der Waals surface area (Å²) in [5, 5.41) is 4.81. The van der Waals surface area contributed by atoms with Crippen LogP contribution in [-0.2, 0) is 15.3 Å². The summed E-state index contributed by atoms with van der Waals surface area (Å²) in [6.07, 6.45) is -3.43. The van der Waals surface area contributed by atoms with Crippen molar-refractivity contribution in [3.8, 4) is 0 Å². The molecule has 2 N–H and O–H groups in total. The number of imidazole rings is 1. The molecule has 0 radical (unpaired) electrons. The molecule has 6 nitrogen and oxygen atoms in total. The van der Waals surface area contributed by atoms with E-state index in [1.54, 1.807) is 0 Å². The summed E-state index contributed by atoms with van der Waals surface area (Å²) in [5.41, 5.74) is -3.30. The van der Waals surface area contributed by atoms with E-state index >= 15 is 0 Å². The van der Waals surface area contributed by atoms with Crippen LogP contribution >= 0.6 is 39.1 Å². The van der Waals surface area contributed by atoms with Crippen molar-refractivity contribution in [2.45, 2.75) is 37.5 Å². The number of hydrogen-bond donors (Lipinski definition) is 2. The van der Waals surface area contributed by atoms with E-state index in [1.807, 2.05) is 5.32 Å². The molecule has 1 unspecified atom stereocenters. The van der Waals surface area contributed by atoms with Crippen LogP contribution in [-0.4, -0.2) is 32.9 Å². The molecule has 0 aliphatic carbocycles. The van der Waals surface area contributed by atoms with Crippen LogP contribution in [0.5, 0.6) is 0 Å². The van der Waals surface area contributed by atoms with Gasteiger partial charge in [0.05, 0.1) is 21.1 Å². The van der Waals surface area contributed by atoms with Gasteiger partial charge in [0.2, 0.25) is 11.9 Å². The highest BCUT2D eigenvalue weighted by molar-refractivity contribution is 9.09. The molecule has 0 bridgehead atoms. The zero-order valence-electron chi connectivity index (χ0n) is 14.2. The molecule has 2 amide bonds. The van der Waals surface area contributed by atoms with Crippen LogP contribution in [0.4, 0.5) is 19.1 Å². The number of benzene rings is 1.